The number of nitrogens with one attached hydrogen (secondary N) is 1. The molecule has 0 aliphatic heterocycles. The Kier molecular flexibility index (Phi) is 14.0. The van der Waals surface area contributed by atoms with Gasteiger partial charge in [0, 0.05) is 31.2 Å². The van der Waals surface area contributed by atoms with Gasteiger partial charge in [0.1, 0.15) is 0 Å². The number of amides is 3. The number of hydrogen-bond acceptors (Lipinski definition) is 3. The molecular weight excluding hydrogens is 400 g/mol. The van der Waals surface area contributed by atoms with Gasteiger partial charge in [0.15, 0.2) is 0 Å². The fourth-order valence-electron chi connectivity index (χ4n) is 4.11. The lowest BCUT2D eigenvalue weighted by molar-refractivity contribution is -0.125. The van der Waals surface area contributed by atoms with Crippen molar-refractivity contribution in [3.05, 3.63) is 34.9 Å². The Bertz CT molecular complexity index is 793. The summed E-state index contributed by atoms with van der Waals surface area (Å²) in [4.78, 5) is 38.4. The first-order chi connectivity index (χ1) is 15.1. The average Bonchev–Trinajstić information content (AvgIpc) is 2.77. The third-order valence-electron chi connectivity index (χ3n) is 5.94. The van der Waals surface area contributed by atoms with Crippen molar-refractivity contribution in [2.24, 2.45) is 17.8 Å². The van der Waals surface area contributed by atoms with E-state index < -0.39 is 5.91 Å². The number of allylic oxidation sites excluding steroid dienone is 1. The van der Waals surface area contributed by atoms with Crippen LogP contribution in [-0.4, -0.2) is 36.7 Å². The fourth-order valence-corrected chi connectivity index (χ4v) is 4.11. The third kappa shape index (κ3) is 8.49. The van der Waals surface area contributed by atoms with Crippen molar-refractivity contribution in [2.45, 2.75) is 74.1 Å². The first-order valence-electron chi connectivity index (χ1n) is 11.6. The minimum absolute atomic E-state index is 0.00309. The lowest BCUT2D eigenvalue weighted by atomic mass is 9.72. The van der Waals surface area contributed by atoms with Crippen molar-refractivity contribution in [1.82, 2.24) is 10.2 Å². The van der Waals surface area contributed by atoms with Crippen LogP contribution in [0, 0.1) is 29.6 Å². The minimum atomic E-state index is -0.466. The molecule has 3 amide bonds. The van der Waals surface area contributed by atoms with Crippen LogP contribution in [0.4, 0.5) is 0 Å². The molecule has 0 aromatic rings. The average molecular weight is 443 g/mol. The number of hydrogen-bond donors (Lipinski definition) is 1. The van der Waals surface area contributed by atoms with Crippen LogP contribution in [0.25, 0.3) is 0 Å². The number of carbonyl (C=O) groups excluding carboxylic acids is 3. The van der Waals surface area contributed by atoms with Gasteiger partial charge in [-0.3, -0.25) is 19.7 Å². The van der Waals surface area contributed by atoms with Crippen molar-refractivity contribution >= 4 is 18.2 Å². The van der Waals surface area contributed by atoms with Crippen LogP contribution in [0.5, 0.6) is 0 Å². The second-order valence-corrected chi connectivity index (χ2v) is 8.50. The van der Waals surface area contributed by atoms with Gasteiger partial charge in [-0.15, -0.1) is 11.8 Å². The van der Waals surface area contributed by atoms with E-state index in [9.17, 15) is 14.4 Å². The standard InChI is InChI=1S/C27H42N2O3/c1-10-14-15-16-24(22(11-2)17-19(5)6)25(23(12-3)26(31)28-18-30)20(7)21(8)27(32)29(9)13-4/h12,18-19,22,24H,8,11,13,15-17H2,1-7,9H3,(H,28,30,31)/b23-12+,25-20+. The van der Waals surface area contributed by atoms with Gasteiger partial charge in [-0.1, -0.05) is 39.8 Å². The molecule has 32 heavy (non-hydrogen) atoms. The SMILES string of the molecule is C=C(C(=O)N(C)CC)/C(C)=C(\C(=C/C)C(=O)NC=O)C(CCC#CC)C(CC)CC(C)C. The summed E-state index contributed by atoms with van der Waals surface area (Å²) in [5, 5.41) is 2.28. The topological polar surface area (TPSA) is 66.5 Å². The largest absolute Gasteiger partial charge is 0.342 e. The molecule has 5 heteroatoms. The molecule has 0 aliphatic rings. The summed E-state index contributed by atoms with van der Waals surface area (Å²) in [5.74, 6) is 6.25. The third-order valence-corrected chi connectivity index (χ3v) is 5.94. The molecule has 5 nitrogen and oxygen atoms in total. The van der Waals surface area contributed by atoms with Crippen molar-refractivity contribution < 1.29 is 14.4 Å². The maximum absolute atomic E-state index is 12.9. The smallest absolute Gasteiger partial charge is 0.257 e. The first kappa shape index (κ1) is 29.4. The lowest BCUT2D eigenvalue weighted by Gasteiger charge is -2.32. The van der Waals surface area contributed by atoms with Gasteiger partial charge >= 0.3 is 0 Å². The van der Waals surface area contributed by atoms with E-state index in [1.807, 2.05) is 20.8 Å². The monoisotopic (exact) mass is 442 g/mol. The Morgan fingerprint density at radius 1 is 1.22 bits per heavy atom. The van der Waals surface area contributed by atoms with Crippen molar-refractivity contribution in [2.75, 3.05) is 13.6 Å². The molecule has 178 valence electrons. The van der Waals surface area contributed by atoms with Crippen molar-refractivity contribution in [1.29, 1.82) is 0 Å². The van der Waals surface area contributed by atoms with E-state index in [-0.39, 0.29) is 11.8 Å². The number of rotatable bonds is 13. The van der Waals surface area contributed by atoms with Gasteiger partial charge in [0.05, 0.1) is 0 Å². The summed E-state index contributed by atoms with van der Waals surface area (Å²) in [6.45, 7) is 18.5. The predicted octanol–water partition coefficient (Wildman–Crippen LogP) is 5.05. The van der Waals surface area contributed by atoms with Crippen LogP contribution in [0.2, 0.25) is 0 Å². The van der Waals surface area contributed by atoms with Crippen LogP contribution in [0.1, 0.15) is 74.1 Å². The molecule has 0 rings (SSSR count). The zero-order valence-corrected chi connectivity index (χ0v) is 21.3. The van der Waals surface area contributed by atoms with Gasteiger partial charge in [0.2, 0.25) is 6.41 Å². The van der Waals surface area contributed by atoms with Crippen molar-refractivity contribution in [3.8, 4) is 11.8 Å². The minimum Gasteiger partial charge on any atom is -0.342 e. The maximum Gasteiger partial charge on any atom is 0.257 e. The molecule has 0 saturated heterocycles. The van der Waals surface area contributed by atoms with Crippen molar-refractivity contribution in [3.63, 3.8) is 0 Å². The molecule has 1 N–H and O–H groups in total. The van der Waals surface area contributed by atoms with E-state index in [0.717, 1.165) is 24.8 Å². The Labute approximate surface area is 195 Å². The second kappa shape index (κ2) is 15.2. The molecule has 0 aromatic carbocycles. The summed E-state index contributed by atoms with van der Waals surface area (Å²) >= 11 is 0. The first-order valence-corrected chi connectivity index (χ1v) is 11.6. The molecule has 0 radical (unpaired) electrons. The molecular formula is C27H42N2O3. The number of imide groups is 1. The van der Waals surface area contributed by atoms with E-state index >= 15 is 0 Å². The highest BCUT2D eigenvalue weighted by Crippen LogP contribution is 2.39. The van der Waals surface area contributed by atoms with Gasteiger partial charge < -0.3 is 4.90 Å². The highest BCUT2D eigenvalue weighted by atomic mass is 16.2. The maximum atomic E-state index is 12.9. The summed E-state index contributed by atoms with van der Waals surface area (Å²) in [7, 11) is 1.73. The highest BCUT2D eigenvalue weighted by molar-refractivity contribution is 6.04. The fraction of sp³-hybridized carbons (Fsp3) is 0.593. The van der Waals surface area contributed by atoms with Gasteiger partial charge in [0.25, 0.3) is 11.8 Å². The summed E-state index contributed by atoms with van der Waals surface area (Å²) in [6, 6.07) is 0. The molecule has 0 aromatic heterocycles. The Hall–Kier alpha value is -2.61. The van der Waals surface area contributed by atoms with E-state index in [1.54, 1.807) is 24.9 Å². The normalized spacial score (nSPS) is 14.0. The Morgan fingerprint density at radius 3 is 2.28 bits per heavy atom. The molecule has 0 bridgehead atoms. The Balaban J connectivity index is 6.91. The van der Waals surface area contributed by atoms with E-state index in [4.69, 9.17) is 0 Å². The molecule has 0 spiro atoms. The van der Waals surface area contributed by atoms with Gasteiger partial charge in [-0.2, -0.15) is 0 Å². The van der Waals surface area contributed by atoms with Crippen LogP contribution in [0.3, 0.4) is 0 Å². The molecule has 0 saturated carbocycles. The predicted molar refractivity (Wildman–Crippen MR) is 133 cm³/mol. The molecule has 2 atom stereocenters. The van der Waals surface area contributed by atoms with Gasteiger partial charge in [-0.25, -0.2) is 0 Å². The van der Waals surface area contributed by atoms with Gasteiger partial charge in [-0.05, 0) is 69.4 Å². The Morgan fingerprint density at radius 2 is 1.84 bits per heavy atom. The van der Waals surface area contributed by atoms with E-state index in [0.29, 0.717) is 47.9 Å². The zero-order valence-electron chi connectivity index (χ0n) is 21.3. The summed E-state index contributed by atoms with van der Waals surface area (Å²) < 4.78 is 0. The number of likely N-dealkylation sites (N-methyl/N-ethyl adjacent to an activating group) is 1. The summed E-state index contributed by atoms with van der Waals surface area (Å²) in [5.41, 5.74) is 2.27. The molecule has 2 unspecified atom stereocenters. The lowest BCUT2D eigenvalue weighted by Crippen LogP contribution is -2.31. The quantitative estimate of drug-likeness (QED) is 0.188. The van der Waals surface area contributed by atoms with E-state index in [2.05, 4.69) is 44.5 Å². The van der Waals surface area contributed by atoms with Crippen LogP contribution in [-0.2, 0) is 14.4 Å². The van der Waals surface area contributed by atoms with Crippen LogP contribution >= 0.6 is 0 Å². The van der Waals surface area contributed by atoms with Crippen LogP contribution in [0.15, 0.2) is 34.9 Å². The number of nitrogens with zero attached hydrogens (tertiary/aromatic N) is 1. The highest BCUT2D eigenvalue weighted by Gasteiger charge is 2.31. The van der Waals surface area contributed by atoms with Crippen LogP contribution < -0.4 is 5.32 Å². The number of carbonyl (C=O) groups is 3. The summed E-state index contributed by atoms with van der Waals surface area (Å²) in [6.07, 6.45) is 5.48. The molecule has 0 aliphatic carbocycles. The van der Waals surface area contributed by atoms with E-state index in [1.165, 1.54) is 0 Å². The molecule has 0 fully saturated rings. The zero-order chi connectivity index (χ0) is 24.8. The molecule has 0 heterocycles. The second-order valence-electron chi connectivity index (χ2n) is 8.50.